The number of nitrogens with one attached hydrogen (secondary N) is 1. The number of nitrogens with zero attached hydrogens (tertiary/aromatic N) is 1. The molecule has 0 aliphatic rings. The molecule has 1 atom stereocenters. The summed E-state index contributed by atoms with van der Waals surface area (Å²) in [5, 5.41) is 11.6. The molecule has 116 valence electrons. The molecule has 0 aliphatic carbocycles. The lowest BCUT2D eigenvalue weighted by molar-refractivity contribution is -0.139. The summed E-state index contributed by atoms with van der Waals surface area (Å²) in [5.41, 5.74) is 0.941. The molecule has 0 bridgehead atoms. The third-order valence-electron chi connectivity index (χ3n) is 3.10. The SMILES string of the molecule is CCCC(NC(=O)N(C)Cc1ccc(OC)cc1)C(=O)O. The molecule has 2 amide bonds. The molecule has 0 spiro atoms. The predicted octanol–water partition coefficient (Wildman–Crippen LogP) is 2.09. The average Bonchev–Trinajstić information content (AvgIpc) is 2.47. The Morgan fingerprint density at radius 2 is 1.95 bits per heavy atom. The number of hydrogen-bond donors (Lipinski definition) is 2. The molecule has 0 aromatic heterocycles. The molecule has 0 saturated heterocycles. The summed E-state index contributed by atoms with van der Waals surface area (Å²) in [6.07, 6.45) is 1.11. The van der Waals surface area contributed by atoms with Crippen molar-refractivity contribution in [3.05, 3.63) is 29.8 Å². The molecule has 1 rings (SSSR count). The zero-order valence-electron chi connectivity index (χ0n) is 12.6. The molecular formula is C15H22N2O4. The number of rotatable bonds is 7. The van der Waals surface area contributed by atoms with Crippen molar-refractivity contribution in [2.75, 3.05) is 14.2 Å². The van der Waals surface area contributed by atoms with Crippen LogP contribution in [0, 0.1) is 0 Å². The van der Waals surface area contributed by atoms with Crippen molar-refractivity contribution in [3.63, 3.8) is 0 Å². The smallest absolute Gasteiger partial charge is 0.326 e. The monoisotopic (exact) mass is 294 g/mol. The van der Waals surface area contributed by atoms with Gasteiger partial charge in [0.25, 0.3) is 0 Å². The van der Waals surface area contributed by atoms with Gasteiger partial charge in [-0.3, -0.25) is 0 Å². The summed E-state index contributed by atoms with van der Waals surface area (Å²) >= 11 is 0. The summed E-state index contributed by atoms with van der Waals surface area (Å²) in [5.74, 6) is -0.261. The van der Waals surface area contributed by atoms with Gasteiger partial charge < -0.3 is 20.1 Å². The van der Waals surface area contributed by atoms with Crippen molar-refractivity contribution in [3.8, 4) is 5.75 Å². The first-order chi connectivity index (χ1) is 9.97. The summed E-state index contributed by atoms with van der Waals surface area (Å²) < 4.78 is 5.07. The fraction of sp³-hybridized carbons (Fsp3) is 0.467. The third-order valence-corrected chi connectivity index (χ3v) is 3.10. The zero-order valence-corrected chi connectivity index (χ0v) is 12.6. The Bertz CT molecular complexity index is 473. The fourth-order valence-corrected chi connectivity index (χ4v) is 1.88. The highest BCUT2D eigenvalue weighted by molar-refractivity contribution is 5.82. The molecule has 6 heteroatoms. The molecule has 1 aromatic rings. The highest BCUT2D eigenvalue weighted by Gasteiger charge is 2.20. The predicted molar refractivity (Wildman–Crippen MR) is 79.3 cm³/mol. The topological polar surface area (TPSA) is 78.9 Å². The van der Waals surface area contributed by atoms with Gasteiger partial charge in [-0.15, -0.1) is 0 Å². The Hall–Kier alpha value is -2.24. The number of aliphatic carboxylic acids is 1. The number of urea groups is 1. The quantitative estimate of drug-likeness (QED) is 0.807. The maximum atomic E-state index is 12.0. The lowest BCUT2D eigenvalue weighted by Crippen LogP contribution is -2.46. The number of methoxy groups -OCH3 is 1. The van der Waals surface area contributed by atoms with E-state index in [0.717, 1.165) is 11.3 Å². The van der Waals surface area contributed by atoms with Crippen LogP contribution in [0.25, 0.3) is 0 Å². The fourth-order valence-electron chi connectivity index (χ4n) is 1.88. The second-order valence-electron chi connectivity index (χ2n) is 4.83. The van der Waals surface area contributed by atoms with E-state index in [1.54, 1.807) is 14.2 Å². The van der Waals surface area contributed by atoms with E-state index in [2.05, 4.69) is 5.32 Å². The Morgan fingerprint density at radius 3 is 2.43 bits per heavy atom. The van der Waals surface area contributed by atoms with Gasteiger partial charge in [0.05, 0.1) is 7.11 Å². The van der Waals surface area contributed by atoms with E-state index in [1.807, 2.05) is 31.2 Å². The van der Waals surface area contributed by atoms with Crippen molar-refractivity contribution < 1.29 is 19.4 Å². The van der Waals surface area contributed by atoms with Crippen LogP contribution in [0.1, 0.15) is 25.3 Å². The normalized spacial score (nSPS) is 11.6. The molecule has 0 heterocycles. The number of ether oxygens (including phenoxy) is 1. The molecule has 0 fully saturated rings. The van der Waals surface area contributed by atoms with Gasteiger partial charge in [0.1, 0.15) is 11.8 Å². The maximum Gasteiger partial charge on any atom is 0.326 e. The number of carbonyl (C=O) groups excluding carboxylic acids is 1. The first-order valence-electron chi connectivity index (χ1n) is 6.85. The van der Waals surface area contributed by atoms with E-state index in [0.29, 0.717) is 19.4 Å². The van der Waals surface area contributed by atoms with Crippen LogP contribution in [0.5, 0.6) is 5.75 Å². The van der Waals surface area contributed by atoms with Gasteiger partial charge in [0.2, 0.25) is 0 Å². The van der Waals surface area contributed by atoms with Crippen molar-refractivity contribution in [2.24, 2.45) is 0 Å². The van der Waals surface area contributed by atoms with Crippen LogP contribution < -0.4 is 10.1 Å². The van der Waals surface area contributed by atoms with Gasteiger partial charge in [-0.2, -0.15) is 0 Å². The highest BCUT2D eigenvalue weighted by Crippen LogP contribution is 2.12. The van der Waals surface area contributed by atoms with Crippen LogP contribution in [0.15, 0.2) is 24.3 Å². The maximum absolute atomic E-state index is 12.0. The van der Waals surface area contributed by atoms with Crippen LogP contribution in [0.4, 0.5) is 4.79 Å². The minimum Gasteiger partial charge on any atom is -0.497 e. The minimum absolute atomic E-state index is 0.397. The van der Waals surface area contributed by atoms with Gasteiger partial charge in [-0.1, -0.05) is 25.5 Å². The van der Waals surface area contributed by atoms with Gasteiger partial charge >= 0.3 is 12.0 Å². The standard InChI is InChI=1S/C15H22N2O4/c1-4-5-13(14(18)19)16-15(20)17(2)10-11-6-8-12(21-3)9-7-11/h6-9,13H,4-5,10H2,1-3H3,(H,16,20)(H,18,19). The number of hydrogen-bond acceptors (Lipinski definition) is 3. The van der Waals surface area contributed by atoms with Crippen molar-refractivity contribution in [1.82, 2.24) is 10.2 Å². The summed E-state index contributed by atoms with van der Waals surface area (Å²) in [6.45, 7) is 2.28. The Kier molecular flexibility index (Phi) is 6.52. The number of carboxylic acid groups (broad SMARTS) is 1. The lowest BCUT2D eigenvalue weighted by atomic mass is 10.2. The minimum atomic E-state index is -1.01. The molecular weight excluding hydrogens is 272 g/mol. The van der Waals surface area contributed by atoms with Gasteiger partial charge in [-0.25, -0.2) is 9.59 Å². The largest absolute Gasteiger partial charge is 0.497 e. The van der Waals surface area contributed by atoms with E-state index >= 15 is 0 Å². The van der Waals surface area contributed by atoms with Gasteiger partial charge in [0, 0.05) is 13.6 Å². The second kappa shape index (κ2) is 8.14. The van der Waals surface area contributed by atoms with E-state index in [1.165, 1.54) is 4.90 Å². The van der Waals surface area contributed by atoms with Crippen molar-refractivity contribution in [2.45, 2.75) is 32.4 Å². The molecule has 2 N–H and O–H groups in total. The second-order valence-corrected chi connectivity index (χ2v) is 4.83. The lowest BCUT2D eigenvalue weighted by Gasteiger charge is -2.21. The molecule has 0 saturated carbocycles. The zero-order chi connectivity index (χ0) is 15.8. The first kappa shape index (κ1) is 16.8. The number of carboxylic acids is 1. The Balaban J connectivity index is 2.58. The number of carbonyl (C=O) groups is 2. The van der Waals surface area contributed by atoms with Gasteiger partial charge in [-0.05, 0) is 24.1 Å². The summed E-state index contributed by atoms with van der Waals surface area (Å²) in [7, 11) is 3.22. The Morgan fingerprint density at radius 1 is 1.33 bits per heavy atom. The van der Waals surface area contributed by atoms with Crippen LogP contribution in [0.3, 0.4) is 0 Å². The number of amides is 2. The average molecular weight is 294 g/mol. The first-order valence-corrected chi connectivity index (χ1v) is 6.85. The van der Waals surface area contributed by atoms with Gasteiger partial charge in [0.15, 0.2) is 0 Å². The molecule has 0 radical (unpaired) electrons. The van der Waals surface area contributed by atoms with Crippen molar-refractivity contribution >= 4 is 12.0 Å². The van der Waals surface area contributed by atoms with Crippen LogP contribution in [-0.4, -0.2) is 42.2 Å². The molecule has 0 aliphatic heterocycles. The van der Waals surface area contributed by atoms with E-state index < -0.39 is 18.0 Å². The van der Waals surface area contributed by atoms with Crippen molar-refractivity contribution in [1.29, 1.82) is 0 Å². The van der Waals surface area contributed by atoms with E-state index in [-0.39, 0.29) is 0 Å². The molecule has 1 unspecified atom stereocenters. The van der Waals surface area contributed by atoms with Crippen LogP contribution in [0.2, 0.25) is 0 Å². The van der Waals surface area contributed by atoms with Crippen LogP contribution >= 0.6 is 0 Å². The molecule has 6 nitrogen and oxygen atoms in total. The molecule has 21 heavy (non-hydrogen) atoms. The van der Waals surface area contributed by atoms with E-state index in [9.17, 15) is 9.59 Å². The van der Waals surface area contributed by atoms with E-state index in [4.69, 9.17) is 9.84 Å². The highest BCUT2D eigenvalue weighted by atomic mass is 16.5. The third kappa shape index (κ3) is 5.33. The number of benzene rings is 1. The summed E-state index contributed by atoms with van der Waals surface area (Å²) in [4.78, 5) is 24.5. The Labute approximate surface area is 124 Å². The summed E-state index contributed by atoms with van der Waals surface area (Å²) in [6, 6.07) is 6.12. The van der Waals surface area contributed by atoms with Crippen LogP contribution in [-0.2, 0) is 11.3 Å². The molecule has 1 aromatic carbocycles.